The van der Waals surface area contributed by atoms with Crippen molar-refractivity contribution >= 4 is 40.2 Å². The number of carbonyl (C=O) groups is 4. The molecular formula is C37H37N3O7. The molecule has 0 bridgehead atoms. The summed E-state index contributed by atoms with van der Waals surface area (Å²) in [7, 11) is 0. The number of esters is 1. The molecule has 0 radical (unpaired) electrons. The maximum atomic E-state index is 14.7. The highest BCUT2D eigenvalue weighted by Gasteiger charge is 2.71. The number of anilines is 1. The molecular weight excluding hydrogens is 598 g/mol. The van der Waals surface area contributed by atoms with Crippen LogP contribution in [0.3, 0.4) is 0 Å². The Morgan fingerprint density at radius 1 is 0.915 bits per heavy atom. The summed E-state index contributed by atoms with van der Waals surface area (Å²) < 4.78 is 12.9. The van der Waals surface area contributed by atoms with E-state index in [2.05, 4.69) is 5.32 Å². The summed E-state index contributed by atoms with van der Waals surface area (Å²) in [6.07, 6.45) is 6.35. The standard InChI is InChI=1S/C37H37N3O7/c41-21-9-20-40-33-35(44)39(27-17-16-24-10-4-5-13-26(24)22-27)19-8-18-37(33)32(34(40)43)31-28(47-37)14-6-7-15-30(42)38-23-29(46-36(31)45)25-11-2-1-3-12-25/h1-6,8,10-14,16-18,22,28-29,31-33,41H,7,9,15,19-21,23H2,(H,38,42)/b14-6-/t28-,29+,31+,32+,33-,37+/m0/s1. The smallest absolute Gasteiger partial charge is 0.313 e. The SMILES string of the molecule is O=C1CC/C=C\[C@@H]2O[C@@]34C=CCN(c5ccc6ccccc6c5)C(=O)[C@@H]3N(CCCO)C(=O)[C@H]4[C@@H]2C(=O)O[C@@H](c2ccccc2)CN1. The Kier molecular flexibility index (Phi) is 8.38. The van der Waals surface area contributed by atoms with E-state index >= 15 is 0 Å². The second-order valence-corrected chi connectivity index (χ2v) is 12.4. The first-order valence-corrected chi connectivity index (χ1v) is 16.2. The molecule has 0 aliphatic carbocycles. The van der Waals surface area contributed by atoms with Gasteiger partial charge in [-0.3, -0.25) is 19.2 Å². The molecule has 2 N–H and O–H groups in total. The van der Waals surface area contributed by atoms with Crippen LogP contribution in [0, 0.1) is 11.8 Å². The number of cyclic esters (lactones) is 1. The Balaban J connectivity index is 1.29. The van der Waals surface area contributed by atoms with Crippen molar-refractivity contribution in [3.63, 3.8) is 0 Å². The average molecular weight is 636 g/mol. The van der Waals surface area contributed by atoms with E-state index in [1.807, 2.05) is 78.9 Å². The quantitative estimate of drug-likeness (QED) is 0.325. The highest BCUT2D eigenvalue weighted by Crippen LogP contribution is 2.53. The number of benzene rings is 3. The lowest BCUT2D eigenvalue weighted by atomic mass is 9.78. The summed E-state index contributed by atoms with van der Waals surface area (Å²) in [6.45, 7) is 0.264. The van der Waals surface area contributed by atoms with Gasteiger partial charge >= 0.3 is 5.97 Å². The molecule has 1 spiro atoms. The van der Waals surface area contributed by atoms with Crippen LogP contribution in [0.1, 0.15) is 30.9 Å². The monoisotopic (exact) mass is 635 g/mol. The van der Waals surface area contributed by atoms with Gasteiger partial charge in [-0.15, -0.1) is 0 Å². The maximum Gasteiger partial charge on any atom is 0.313 e. The van der Waals surface area contributed by atoms with Crippen molar-refractivity contribution in [1.82, 2.24) is 10.2 Å². The normalized spacial score (nSPS) is 30.0. The minimum absolute atomic E-state index is 0.0741. The summed E-state index contributed by atoms with van der Waals surface area (Å²) in [5.41, 5.74) is -0.0699. The molecule has 0 unspecified atom stereocenters. The zero-order chi connectivity index (χ0) is 32.5. The predicted octanol–water partition coefficient (Wildman–Crippen LogP) is 3.46. The molecule has 0 saturated carbocycles. The topological polar surface area (TPSA) is 125 Å². The zero-order valence-corrected chi connectivity index (χ0v) is 25.9. The Bertz CT molecular complexity index is 1760. The third kappa shape index (κ3) is 5.51. The molecule has 242 valence electrons. The number of ether oxygens (including phenoxy) is 2. The first-order chi connectivity index (χ1) is 22.9. The lowest BCUT2D eigenvalue weighted by Gasteiger charge is -2.35. The zero-order valence-electron chi connectivity index (χ0n) is 25.9. The van der Waals surface area contributed by atoms with Crippen LogP contribution >= 0.6 is 0 Å². The van der Waals surface area contributed by atoms with Crippen molar-refractivity contribution in [3.8, 4) is 0 Å². The first-order valence-electron chi connectivity index (χ1n) is 16.2. The molecule has 2 fully saturated rings. The van der Waals surface area contributed by atoms with Crippen LogP contribution in [0.15, 0.2) is 97.1 Å². The lowest BCUT2D eigenvalue weighted by Crippen LogP contribution is -2.55. The summed E-state index contributed by atoms with van der Waals surface area (Å²) in [5, 5.41) is 14.6. The molecule has 7 rings (SSSR count). The Hall–Kier alpha value is -4.80. The molecule has 10 heteroatoms. The predicted molar refractivity (Wildman–Crippen MR) is 174 cm³/mol. The van der Waals surface area contributed by atoms with Crippen LogP contribution in [-0.4, -0.2) is 77.7 Å². The third-order valence-corrected chi connectivity index (χ3v) is 9.65. The largest absolute Gasteiger partial charge is 0.455 e. The average Bonchev–Trinajstić information content (AvgIpc) is 3.47. The fourth-order valence-electron chi connectivity index (χ4n) is 7.46. The van der Waals surface area contributed by atoms with E-state index in [0.717, 1.165) is 10.8 Å². The molecule has 3 aromatic carbocycles. The number of aliphatic hydroxyl groups excluding tert-OH is 1. The van der Waals surface area contributed by atoms with Crippen molar-refractivity contribution in [2.45, 2.75) is 43.1 Å². The maximum absolute atomic E-state index is 14.7. The molecule has 6 atom stereocenters. The number of rotatable bonds is 5. The summed E-state index contributed by atoms with van der Waals surface area (Å²) in [6, 6.07) is 21.8. The molecule has 4 heterocycles. The van der Waals surface area contributed by atoms with Gasteiger partial charge in [-0.2, -0.15) is 0 Å². The number of hydrogen-bond donors (Lipinski definition) is 2. The number of allylic oxidation sites excluding steroid dienone is 1. The van der Waals surface area contributed by atoms with E-state index in [1.54, 1.807) is 23.1 Å². The van der Waals surface area contributed by atoms with Crippen molar-refractivity contribution < 1.29 is 33.8 Å². The Labute approximate surface area is 272 Å². The number of carbonyl (C=O) groups excluding carboxylic acids is 4. The van der Waals surface area contributed by atoms with E-state index < -0.39 is 47.6 Å². The van der Waals surface area contributed by atoms with Crippen molar-refractivity contribution in [2.24, 2.45) is 11.8 Å². The van der Waals surface area contributed by atoms with E-state index in [1.165, 1.54) is 4.90 Å². The number of amides is 3. The van der Waals surface area contributed by atoms with Gasteiger partial charge in [0.15, 0.2) is 0 Å². The molecule has 10 nitrogen and oxygen atoms in total. The summed E-state index contributed by atoms with van der Waals surface area (Å²) >= 11 is 0. The summed E-state index contributed by atoms with van der Waals surface area (Å²) in [4.78, 5) is 59.1. The van der Waals surface area contributed by atoms with Crippen LogP contribution < -0.4 is 10.2 Å². The molecule has 3 aromatic rings. The number of fused-ring (bicyclic) bond motifs is 3. The fraction of sp³-hybridized carbons (Fsp3) is 0.351. The fourth-order valence-corrected chi connectivity index (χ4v) is 7.46. The number of nitrogens with zero attached hydrogens (tertiary/aromatic N) is 2. The highest BCUT2D eigenvalue weighted by atomic mass is 16.6. The molecule has 2 saturated heterocycles. The van der Waals surface area contributed by atoms with Gasteiger partial charge in [0.1, 0.15) is 23.7 Å². The number of likely N-dealkylation sites (tertiary alicyclic amines) is 1. The van der Waals surface area contributed by atoms with E-state index in [4.69, 9.17) is 9.47 Å². The van der Waals surface area contributed by atoms with Gasteiger partial charge in [0.2, 0.25) is 11.8 Å². The molecule has 3 amide bonds. The van der Waals surface area contributed by atoms with Gasteiger partial charge in [0, 0.05) is 31.8 Å². The van der Waals surface area contributed by atoms with Crippen LogP contribution in [0.25, 0.3) is 10.8 Å². The van der Waals surface area contributed by atoms with Gasteiger partial charge in [-0.1, -0.05) is 85.0 Å². The van der Waals surface area contributed by atoms with Crippen LogP contribution in [0.2, 0.25) is 0 Å². The second kappa shape index (κ2) is 12.8. The third-order valence-electron chi connectivity index (χ3n) is 9.65. The number of nitrogens with one attached hydrogen (secondary N) is 1. The molecule has 47 heavy (non-hydrogen) atoms. The minimum Gasteiger partial charge on any atom is -0.455 e. The highest BCUT2D eigenvalue weighted by molar-refractivity contribution is 6.06. The van der Waals surface area contributed by atoms with Crippen LogP contribution in [0.4, 0.5) is 5.69 Å². The van der Waals surface area contributed by atoms with Gasteiger partial charge in [0.05, 0.1) is 18.6 Å². The second-order valence-electron chi connectivity index (χ2n) is 12.4. The first kappa shape index (κ1) is 30.8. The number of hydrogen-bond acceptors (Lipinski definition) is 7. The molecule has 4 aliphatic rings. The molecule has 0 aromatic heterocycles. The van der Waals surface area contributed by atoms with E-state index in [9.17, 15) is 24.3 Å². The van der Waals surface area contributed by atoms with Gasteiger partial charge in [-0.25, -0.2) is 0 Å². The van der Waals surface area contributed by atoms with Crippen molar-refractivity contribution in [2.75, 3.05) is 31.1 Å². The lowest BCUT2D eigenvalue weighted by molar-refractivity contribution is -0.159. The van der Waals surface area contributed by atoms with Gasteiger partial charge in [0.25, 0.3) is 5.91 Å². The Morgan fingerprint density at radius 3 is 2.51 bits per heavy atom. The van der Waals surface area contributed by atoms with Crippen LogP contribution in [-0.2, 0) is 28.7 Å². The van der Waals surface area contributed by atoms with Gasteiger partial charge < -0.3 is 29.7 Å². The van der Waals surface area contributed by atoms with E-state index in [-0.39, 0.29) is 50.9 Å². The Morgan fingerprint density at radius 2 is 1.70 bits per heavy atom. The van der Waals surface area contributed by atoms with E-state index in [0.29, 0.717) is 17.7 Å². The molecule has 4 aliphatic heterocycles. The minimum atomic E-state index is -1.45. The number of aliphatic hydroxyl groups is 1. The van der Waals surface area contributed by atoms with Gasteiger partial charge in [-0.05, 0) is 41.3 Å². The summed E-state index contributed by atoms with van der Waals surface area (Å²) in [5.74, 6) is -3.63. The van der Waals surface area contributed by atoms with Crippen LogP contribution in [0.5, 0.6) is 0 Å². The van der Waals surface area contributed by atoms with Crippen molar-refractivity contribution in [1.29, 1.82) is 0 Å². The van der Waals surface area contributed by atoms with Crippen molar-refractivity contribution in [3.05, 3.63) is 103 Å².